The average molecular weight is 415 g/mol. The molecule has 0 N–H and O–H groups in total. The van der Waals surface area contributed by atoms with Crippen LogP contribution in [0.3, 0.4) is 0 Å². The maximum Gasteiger partial charge on any atom is 0.254 e. The minimum absolute atomic E-state index is 0.0904. The summed E-state index contributed by atoms with van der Waals surface area (Å²) in [7, 11) is 1.71. The van der Waals surface area contributed by atoms with Gasteiger partial charge in [-0.1, -0.05) is 41.9 Å². The molecule has 0 spiro atoms. The monoisotopic (exact) mass is 414 g/mol. The number of piperidine rings is 1. The van der Waals surface area contributed by atoms with Crippen molar-refractivity contribution in [3.8, 4) is 0 Å². The standard InChI is InChI=1S/C24H31ClN2O2/c1-29-18-6-16-27(24(28)21-10-12-22(25)13-11-21)23-9-5-15-26(19-23)17-14-20-7-3-2-4-8-20/h2-4,7-8,10-13,23H,5-6,9,14-19H2,1H3. The van der Waals surface area contributed by atoms with Crippen molar-refractivity contribution in [1.29, 1.82) is 0 Å². The molecule has 156 valence electrons. The van der Waals surface area contributed by atoms with Crippen molar-refractivity contribution in [3.63, 3.8) is 0 Å². The average Bonchev–Trinajstić information content (AvgIpc) is 2.76. The largest absolute Gasteiger partial charge is 0.385 e. The van der Waals surface area contributed by atoms with E-state index in [-0.39, 0.29) is 11.9 Å². The number of benzene rings is 2. The highest BCUT2D eigenvalue weighted by Crippen LogP contribution is 2.20. The SMILES string of the molecule is COCCCN(C(=O)c1ccc(Cl)cc1)C1CCCN(CCc2ccccc2)C1. The van der Waals surface area contributed by atoms with Crippen molar-refractivity contribution in [2.24, 2.45) is 0 Å². The number of carbonyl (C=O) groups is 1. The van der Waals surface area contributed by atoms with E-state index in [1.165, 1.54) is 5.56 Å². The molecule has 0 aromatic heterocycles. The first kappa shape index (κ1) is 21.8. The van der Waals surface area contributed by atoms with E-state index in [9.17, 15) is 4.79 Å². The van der Waals surface area contributed by atoms with Gasteiger partial charge < -0.3 is 14.5 Å². The highest BCUT2D eigenvalue weighted by Gasteiger charge is 2.28. The molecule has 0 saturated carbocycles. The number of likely N-dealkylation sites (tertiary alicyclic amines) is 1. The number of amides is 1. The highest BCUT2D eigenvalue weighted by molar-refractivity contribution is 6.30. The van der Waals surface area contributed by atoms with Crippen molar-refractivity contribution in [1.82, 2.24) is 9.80 Å². The molecule has 1 heterocycles. The summed E-state index contributed by atoms with van der Waals surface area (Å²) in [5.74, 6) is 0.0904. The zero-order valence-electron chi connectivity index (χ0n) is 17.2. The van der Waals surface area contributed by atoms with Crippen LogP contribution in [0, 0.1) is 0 Å². The molecule has 0 radical (unpaired) electrons. The van der Waals surface area contributed by atoms with Crippen molar-refractivity contribution >= 4 is 17.5 Å². The molecule has 4 nitrogen and oxygen atoms in total. The van der Waals surface area contributed by atoms with Crippen molar-refractivity contribution < 1.29 is 9.53 Å². The number of hydrogen-bond acceptors (Lipinski definition) is 3. The minimum Gasteiger partial charge on any atom is -0.385 e. The number of ether oxygens (including phenoxy) is 1. The summed E-state index contributed by atoms with van der Waals surface area (Å²) in [5.41, 5.74) is 2.07. The van der Waals surface area contributed by atoms with Gasteiger partial charge in [-0.3, -0.25) is 4.79 Å². The van der Waals surface area contributed by atoms with E-state index < -0.39 is 0 Å². The number of carbonyl (C=O) groups excluding carboxylic acids is 1. The van der Waals surface area contributed by atoms with E-state index in [0.717, 1.165) is 45.3 Å². The molecule has 1 aliphatic rings. The van der Waals surface area contributed by atoms with Crippen LogP contribution in [0.15, 0.2) is 54.6 Å². The van der Waals surface area contributed by atoms with Gasteiger partial charge in [0.15, 0.2) is 0 Å². The lowest BCUT2D eigenvalue weighted by Gasteiger charge is -2.39. The Kier molecular flexibility index (Phi) is 8.53. The molecule has 0 bridgehead atoms. The summed E-state index contributed by atoms with van der Waals surface area (Å²) in [6, 6.07) is 18.1. The maximum absolute atomic E-state index is 13.3. The fourth-order valence-corrected chi connectivity index (χ4v) is 4.13. The Morgan fingerprint density at radius 3 is 2.66 bits per heavy atom. The van der Waals surface area contributed by atoms with Gasteiger partial charge in [0.25, 0.3) is 5.91 Å². The first-order valence-electron chi connectivity index (χ1n) is 10.5. The van der Waals surface area contributed by atoms with Gasteiger partial charge in [0.2, 0.25) is 0 Å². The predicted octanol–water partition coefficient (Wildman–Crippen LogP) is 4.53. The predicted molar refractivity (Wildman–Crippen MR) is 119 cm³/mol. The van der Waals surface area contributed by atoms with Gasteiger partial charge in [0.1, 0.15) is 0 Å². The number of hydrogen-bond donors (Lipinski definition) is 0. The van der Waals surface area contributed by atoms with E-state index >= 15 is 0 Å². The highest BCUT2D eigenvalue weighted by atomic mass is 35.5. The molecule has 29 heavy (non-hydrogen) atoms. The van der Waals surface area contributed by atoms with Gasteiger partial charge in [-0.25, -0.2) is 0 Å². The molecule has 1 atom stereocenters. The fourth-order valence-electron chi connectivity index (χ4n) is 4.01. The molecule has 2 aromatic carbocycles. The zero-order chi connectivity index (χ0) is 20.5. The molecule has 1 fully saturated rings. The Hall–Kier alpha value is -1.88. The summed E-state index contributed by atoms with van der Waals surface area (Å²) in [6.07, 6.45) is 4.06. The van der Waals surface area contributed by atoms with Crippen LogP contribution in [-0.4, -0.2) is 61.6 Å². The smallest absolute Gasteiger partial charge is 0.254 e. The number of nitrogens with zero attached hydrogens (tertiary/aromatic N) is 2. The molecule has 1 amide bonds. The second kappa shape index (κ2) is 11.3. The van der Waals surface area contributed by atoms with Crippen LogP contribution >= 0.6 is 11.6 Å². The van der Waals surface area contributed by atoms with Gasteiger partial charge >= 0.3 is 0 Å². The lowest BCUT2D eigenvalue weighted by atomic mass is 10.0. The number of rotatable bonds is 9. The second-order valence-corrected chi connectivity index (χ2v) is 8.12. The van der Waals surface area contributed by atoms with Gasteiger partial charge in [-0.15, -0.1) is 0 Å². The molecule has 1 aliphatic heterocycles. The molecule has 1 saturated heterocycles. The first-order chi connectivity index (χ1) is 14.2. The van der Waals surface area contributed by atoms with Crippen LogP contribution in [-0.2, 0) is 11.2 Å². The van der Waals surface area contributed by atoms with Crippen LogP contribution in [0.4, 0.5) is 0 Å². The Balaban J connectivity index is 1.65. The normalized spacial score (nSPS) is 17.2. The summed E-state index contributed by atoms with van der Waals surface area (Å²) < 4.78 is 5.22. The second-order valence-electron chi connectivity index (χ2n) is 7.68. The minimum atomic E-state index is 0.0904. The Labute approximate surface area is 179 Å². The molecular weight excluding hydrogens is 384 g/mol. The van der Waals surface area contributed by atoms with E-state index in [2.05, 4.69) is 40.1 Å². The summed E-state index contributed by atoms with van der Waals surface area (Å²) in [6.45, 7) is 4.44. The Morgan fingerprint density at radius 2 is 1.93 bits per heavy atom. The quantitative estimate of drug-likeness (QED) is 0.565. The van der Waals surface area contributed by atoms with Crippen LogP contribution < -0.4 is 0 Å². The van der Waals surface area contributed by atoms with E-state index in [0.29, 0.717) is 23.7 Å². The summed E-state index contributed by atoms with van der Waals surface area (Å²) >= 11 is 6.00. The molecule has 0 aliphatic carbocycles. The lowest BCUT2D eigenvalue weighted by Crippen LogP contribution is -2.51. The third-order valence-corrected chi connectivity index (χ3v) is 5.83. The number of methoxy groups -OCH3 is 1. The third kappa shape index (κ3) is 6.56. The van der Waals surface area contributed by atoms with Gasteiger partial charge in [0.05, 0.1) is 0 Å². The van der Waals surface area contributed by atoms with E-state index in [1.807, 2.05) is 12.1 Å². The Morgan fingerprint density at radius 1 is 1.17 bits per heavy atom. The molecule has 1 unspecified atom stereocenters. The molecular formula is C24H31ClN2O2. The molecule has 5 heteroatoms. The zero-order valence-corrected chi connectivity index (χ0v) is 18.0. The van der Waals surface area contributed by atoms with Crippen LogP contribution in [0.1, 0.15) is 35.2 Å². The van der Waals surface area contributed by atoms with Crippen LogP contribution in [0.25, 0.3) is 0 Å². The number of halogens is 1. The van der Waals surface area contributed by atoms with Crippen molar-refractivity contribution in [2.75, 3.05) is 39.9 Å². The van der Waals surface area contributed by atoms with E-state index in [4.69, 9.17) is 16.3 Å². The topological polar surface area (TPSA) is 32.8 Å². The molecule has 2 aromatic rings. The van der Waals surface area contributed by atoms with Crippen molar-refractivity contribution in [3.05, 3.63) is 70.7 Å². The first-order valence-corrected chi connectivity index (χ1v) is 10.9. The summed E-state index contributed by atoms with van der Waals surface area (Å²) in [5, 5.41) is 0.650. The van der Waals surface area contributed by atoms with Gasteiger partial charge in [-0.05, 0) is 62.1 Å². The van der Waals surface area contributed by atoms with Gasteiger partial charge in [-0.2, -0.15) is 0 Å². The lowest BCUT2D eigenvalue weighted by molar-refractivity contribution is 0.0517. The van der Waals surface area contributed by atoms with Crippen molar-refractivity contribution in [2.45, 2.75) is 31.7 Å². The summed E-state index contributed by atoms with van der Waals surface area (Å²) in [4.78, 5) is 17.8. The van der Waals surface area contributed by atoms with Gasteiger partial charge in [0, 0.05) is 50.0 Å². The maximum atomic E-state index is 13.3. The molecule has 3 rings (SSSR count). The van der Waals surface area contributed by atoms with Crippen LogP contribution in [0.2, 0.25) is 5.02 Å². The third-order valence-electron chi connectivity index (χ3n) is 5.58. The fraction of sp³-hybridized carbons (Fsp3) is 0.458. The van der Waals surface area contributed by atoms with Crippen LogP contribution in [0.5, 0.6) is 0 Å². The Bertz CT molecular complexity index is 751. The van der Waals surface area contributed by atoms with E-state index in [1.54, 1.807) is 19.2 Å².